The first-order valence-electron chi connectivity index (χ1n) is 26.3. The van der Waals surface area contributed by atoms with Crippen molar-refractivity contribution in [2.24, 2.45) is 0 Å². The molecule has 0 atom stereocenters. The molecule has 13 aromatic rings. The maximum atomic E-state index is 5.29. The molecule has 9 aromatic carbocycles. The summed E-state index contributed by atoms with van der Waals surface area (Å²) in [6.07, 6.45) is 0. The SMILES string of the molecule is CC(C)(C)c1ccc(-n2c3ccccc3c3c2c2c4ccccc4n(-c4ccc(C(C)(C)C)cc4)c2c2c4cc(-c5nc(-c6ccccc6)nc(-c6ccccc6)n5)ccc4n(-c4ccc(C(C)(C)C)cc4)c32)cc1. The largest absolute Gasteiger partial charge is 0.308 e. The van der Waals surface area contributed by atoms with Gasteiger partial charge < -0.3 is 13.7 Å². The molecule has 13 rings (SSSR count). The Balaban J connectivity index is 1.25. The second kappa shape index (κ2) is 17.0. The van der Waals surface area contributed by atoms with Gasteiger partial charge in [0.05, 0.1) is 33.1 Å². The standard InChI is InChI=1S/C69H60N6/c1-67(2,3)46-29-35-49(36-30-46)73-55-26-18-16-24-52(55)59-61(73)58-53-25-17-19-27-56(53)74(50-37-31-47(32-38-50)68(4,5)6)62(58)60-54-42-45(28-41-57(54)75(63(59)60)51-39-33-48(34-40-51)69(7,8)9)66-71-64(43-20-12-10-13-21-43)70-65(72-66)44-22-14-11-15-23-44/h10-42H,1-9H3. The van der Waals surface area contributed by atoms with Gasteiger partial charge >= 0.3 is 0 Å². The van der Waals surface area contributed by atoms with Gasteiger partial charge in [0, 0.05) is 66.1 Å². The molecule has 4 heterocycles. The van der Waals surface area contributed by atoms with Crippen LogP contribution in [0, 0.1) is 0 Å². The minimum absolute atomic E-state index is 0.00457. The third-order valence-corrected chi connectivity index (χ3v) is 15.4. The zero-order valence-electron chi connectivity index (χ0n) is 44.2. The number of para-hydroxylation sites is 2. The van der Waals surface area contributed by atoms with E-state index in [0.29, 0.717) is 17.5 Å². The van der Waals surface area contributed by atoms with Crippen LogP contribution in [0.5, 0.6) is 0 Å². The fourth-order valence-electron chi connectivity index (χ4n) is 11.4. The highest BCUT2D eigenvalue weighted by Crippen LogP contribution is 2.51. The predicted octanol–water partition coefficient (Wildman–Crippen LogP) is 18.1. The first kappa shape index (κ1) is 46.2. The van der Waals surface area contributed by atoms with E-state index in [0.717, 1.165) is 72.1 Å². The van der Waals surface area contributed by atoms with Gasteiger partial charge in [0.15, 0.2) is 17.5 Å². The van der Waals surface area contributed by atoms with E-state index in [1.54, 1.807) is 0 Å². The van der Waals surface area contributed by atoms with Crippen molar-refractivity contribution in [2.45, 2.75) is 78.6 Å². The first-order valence-corrected chi connectivity index (χ1v) is 26.3. The number of hydrogen-bond acceptors (Lipinski definition) is 3. The lowest BCUT2D eigenvalue weighted by molar-refractivity contribution is 0.590. The highest BCUT2D eigenvalue weighted by atomic mass is 15.1. The molecule has 0 saturated heterocycles. The van der Waals surface area contributed by atoms with Crippen LogP contribution < -0.4 is 0 Å². The lowest BCUT2D eigenvalue weighted by Gasteiger charge is -2.20. The van der Waals surface area contributed by atoms with Crippen LogP contribution in [0.4, 0.5) is 0 Å². The van der Waals surface area contributed by atoms with E-state index in [-0.39, 0.29) is 16.2 Å². The molecule has 0 aliphatic rings. The molecule has 0 amide bonds. The Kier molecular flexibility index (Phi) is 10.5. The number of hydrogen-bond donors (Lipinski definition) is 0. The predicted molar refractivity (Wildman–Crippen MR) is 315 cm³/mol. The molecule has 366 valence electrons. The Morgan fingerprint density at radius 1 is 0.280 bits per heavy atom. The number of aromatic nitrogens is 6. The molecule has 0 unspecified atom stereocenters. The van der Waals surface area contributed by atoms with Crippen molar-refractivity contribution in [3.63, 3.8) is 0 Å². The Morgan fingerprint density at radius 3 is 0.947 bits per heavy atom. The van der Waals surface area contributed by atoms with Crippen LogP contribution in [0.15, 0.2) is 200 Å². The maximum absolute atomic E-state index is 5.29. The van der Waals surface area contributed by atoms with E-state index in [9.17, 15) is 0 Å². The second-order valence-electron chi connectivity index (χ2n) is 23.4. The van der Waals surface area contributed by atoms with Crippen molar-refractivity contribution in [3.8, 4) is 51.2 Å². The maximum Gasteiger partial charge on any atom is 0.164 e. The topological polar surface area (TPSA) is 53.5 Å². The van der Waals surface area contributed by atoms with Gasteiger partial charge in [-0.05, 0) is 99.7 Å². The summed E-state index contributed by atoms with van der Waals surface area (Å²) in [4.78, 5) is 15.7. The highest BCUT2D eigenvalue weighted by molar-refractivity contribution is 6.40. The number of rotatable bonds is 6. The Bertz CT molecular complexity index is 4250. The summed E-state index contributed by atoms with van der Waals surface area (Å²) in [5.41, 5.74) is 16.8. The van der Waals surface area contributed by atoms with Crippen molar-refractivity contribution in [1.82, 2.24) is 28.7 Å². The smallest absolute Gasteiger partial charge is 0.164 e. The molecule has 0 spiro atoms. The van der Waals surface area contributed by atoms with Crippen LogP contribution in [0.1, 0.15) is 79.0 Å². The van der Waals surface area contributed by atoms with Gasteiger partial charge in [0.25, 0.3) is 0 Å². The molecule has 0 N–H and O–H groups in total. The van der Waals surface area contributed by atoms with Gasteiger partial charge in [0.2, 0.25) is 0 Å². The lowest BCUT2D eigenvalue weighted by atomic mass is 9.87. The van der Waals surface area contributed by atoms with Gasteiger partial charge in [-0.1, -0.05) is 196 Å². The van der Waals surface area contributed by atoms with E-state index >= 15 is 0 Å². The van der Waals surface area contributed by atoms with Crippen LogP contribution in [0.2, 0.25) is 0 Å². The van der Waals surface area contributed by atoms with Crippen LogP contribution in [0.3, 0.4) is 0 Å². The minimum Gasteiger partial charge on any atom is -0.308 e. The van der Waals surface area contributed by atoms with Crippen LogP contribution in [-0.2, 0) is 16.2 Å². The Morgan fingerprint density at radius 2 is 0.587 bits per heavy atom. The summed E-state index contributed by atoms with van der Waals surface area (Å²) in [5.74, 6) is 1.88. The average molecular weight is 973 g/mol. The molecule has 0 aliphatic heterocycles. The lowest BCUT2D eigenvalue weighted by Crippen LogP contribution is -2.11. The quantitative estimate of drug-likeness (QED) is 0.167. The fraction of sp³-hybridized carbons (Fsp3) is 0.174. The molecule has 0 aliphatic carbocycles. The van der Waals surface area contributed by atoms with E-state index in [1.165, 1.54) is 43.8 Å². The molecule has 0 radical (unpaired) electrons. The van der Waals surface area contributed by atoms with Gasteiger partial charge in [-0.2, -0.15) is 0 Å². The second-order valence-corrected chi connectivity index (χ2v) is 23.4. The van der Waals surface area contributed by atoms with Gasteiger partial charge in [-0.15, -0.1) is 0 Å². The monoisotopic (exact) mass is 972 g/mol. The van der Waals surface area contributed by atoms with E-state index in [1.807, 2.05) is 36.4 Å². The Labute approximate surface area is 438 Å². The van der Waals surface area contributed by atoms with Crippen LogP contribution >= 0.6 is 0 Å². The molecule has 4 aromatic heterocycles. The first-order chi connectivity index (χ1) is 36.1. The van der Waals surface area contributed by atoms with Crippen LogP contribution in [0.25, 0.3) is 117 Å². The molecule has 0 bridgehead atoms. The van der Waals surface area contributed by atoms with Crippen molar-refractivity contribution >= 4 is 65.4 Å². The third kappa shape index (κ3) is 7.56. The summed E-state index contributed by atoms with van der Waals surface area (Å²) >= 11 is 0. The summed E-state index contributed by atoms with van der Waals surface area (Å²) in [7, 11) is 0. The van der Waals surface area contributed by atoms with Gasteiger partial charge in [-0.3, -0.25) is 0 Å². The van der Waals surface area contributed by atoms with Gasteiger partial charge in [0.1, 0.15) is 0 Å². The summed E-state index contributed by atoms with van der Waals surface area (Å²) in [6.45, 7) is 20.6. The number of nitrogens with zero attached hydrogens (tertiary/aromatic N) is 6. The normalized spacial score (nSPS) is 12.6. The fourth-order valence-corrected chi connectivity index (χ4v) is 11.4. The molecule has 6 nitrogen and oxygen atoms in total. The van der Waals surface area contributed by atoms with E-state index < -0.39 is 0 Å². The van der Waals surface area contributed by atoms with Crippen molar-refractivity contribution in [2.75, 3.05) is 0 Å². The zero-order valence-corrected chi connectivity index (χ0v) is 44.2. The average Bonchev–Trinajstić information content (AvgIpc) is 4.07. The van der Waals surface area contributed by atoms with Crippen molar-refractivity contribution < 1.29 is 0 Å². The zero-order chi connectivity index (χ0) is 51.5. The van der Waals surface area contributed by atoms with Gasteiger partial charge in [-0.25, -0.2) is 15.0 Å². The summed E-state index contributed by atoms with van der Waals surface area (Å²) in [6, 6.07) is 73.1. The molecular weight excluding hydrogens is 913 g/mol. The van der Waals surface area contributed by atoms with E-state index in [4.69, 9.17) is 15.0 Å². The van der Waals surface area contributed by atoms with Crippen molar-refractivity contribution in [3.05, 3.63) is 217 Å². The molecule has 6 heteroatoms. The minimum atomic E-state index is -0.0190. The summed E-state index contributed by atoms with van der Waals surface area (Å²) < 4.78 is 7.60. The van der Waals surface area contributed by atoms with E-state index in [2.05, 4.69) is 240 Å². The Hall–Kier alpha value is -8.61. The van der Waals surface area contributed by atoms with Crippen molar-refractivity contribution in [1.29, 1.82) is 0 Å². The molecule has 0 saturated carbocycles. The molecule has 75 heavy (non-hydrogen) atoms. The number of fused-ring (bicyclic) bond motifs is 12. The van der Waals surface area contributed by atoms with Crippen LogP contribution in [-0.4, -0.2) is 28.7 Å². The summed E-state index contributed by atoms with van der Waals surface area (Å²) in [5, 5.41) is 7.07. The number of benzene rings is 9. The molecule has 0 fully saturated rings. The molecular formula is C69H60N6. The highest BCUT2D eigenvalue weighted by Gasteiger charge is 2.30. The third-order valence-electron chi connectivity index (χ3n) is 15.4.